The summed E-state index contributed by atoms with van der Waals surface area (Å²) in [5, 5.41) is 0. The van der Waals surface area contributed by atoms with Crippen molar-refractivity contribution >= 4 is 17.9 Å². The average molecular weight is 916 g/mol. The predicted octanol–water partition coefficient (Wildman–Crippen LogP) is 19.1. The Bertz CT molecular complexity index is 1050. The zero-order chi connectivity index (χ0) is 47.2. The van der Waals surface area contributed by atoms with Gasteiger partial charge in [-0.3, -0.25) is 14.4 Å². The minimum atomic E-state index is -0.773. The normalized spacial score (nSPS) is 12.1. The molecule has 6 nitrogen and oxygen atoms in total. The Kier molecular flexibility index (Phi) is 52.7. The topological polar surface area (TPSA) is 78.9 Å². The molecule has 0 saturated heterocycles. The van der Waals surface area contributed by atoms with Gasteiger partial charge in [0.25, 0.3) is 0 Å². The molecule has 0 aromatic rings. The Morgan fingerprint density at radius 1 is 0.292 bits per heavy atom. The first-order chi connectivity index (χ1) is 32.0. The van der Waals surface area contributed by atoms with Crippen molar-refractivity contribution in [2.45, 2.75) is 322 Å². The number of ether oxygens (including phenoxy) is 3. The van der Waals surface area contributed by atoms with Crippen molar-refractivity contribution in [1.82, 2.24) is 0 Å². The van der Waals surface area contributed by atoms with E-state index in [1.54, 1.807) is 0 Å². The molecule has 0 bridgehead atoms. The van der Waals surface area contributed by atoms with Gasteiger partial charge in [0.2, 0.25) is 0 Å². The van der Waals surface area contributed by atoms with Crippen LogP contribution in [0.5, 0.6) is 0 Å². The van der Waals surface area contributed by atoms with E-state index >= 15 is 0 Å². The third kappa shape index (κ3) is 52.7. The van der Waals surface area contributed by atoms with Gasteiger partial charge in [-0.05, 0) is 70.6 Å². The molecule has 0 N–H and O–H groups in total. The van der Waals surface area contributed by atoms with Crippen molar-refractivity contribution in [3.63, 3.8) is 0 Å². The van der Waals surface area contributed by atoms with Gasteiger partial charge in [-0.15, -0.1) is 0 Å². The molecule has 65 heavy (non-hydrogen) atoms. The number of hydrogen-bond donors (Lipinski definition) is 0. The van der Waals surface area contributed by atoms with E-state index in [9.17, 15) is 14.4 Å². The molecular formula is C59H110O6. The zero-order valence-electron chi connectivity index (χ0n) is 43.8. The zero-order valence-corrected chi connectivity index (χ0v) is 43.8. The van der Waals surface area contributed by atoms with E-state index in [1.807, 2.05) is 0 Å². The number of allylic oxidation sites excluding steroid dienone is 4. The summed E-state index contributed by atoms with van der Waals surface area (Å²) in [7, 11) is 0. The molecule has 0 spiro atoms. The highest BCUT2D eigenvalue weighted by atomic mass is 16.6. The van der Waals surface area contributed by atoms with Crippen molar-refractivity contribution in [3.05, 3.63) is 24.3 Å². The lowest BCUT2D eigenvalue weighted by Crippen LogP contribution is -2.30. The fraction of sp³-hybridized carbons (Fsp3) is 0.881. The first-order valence-corrected chi connectivity index (χ1v) is 28.8. The fourth-order valence-corrected chi connectivity index (χ4v) is 8.55. The quantitative estimate of drug-likeness (QED) is 0.0262. The van der Waals surface area contributed by atoms with Crippen LogP contribution in [0.4, 0.5) is 0 Å². The van der Waals surface area contributed by atoms with E-state index in [0.717, 1.165) is 64.2 Å². The van der Waals surface area contributed by atoms with Gasteiger partial charge in [-0.1, -0.05) is 251 Å². The van der Waals surface area contributed by atoms with Crippen LogP contribution in [0.2, 0.25) is 0 Å². The van der Waals surface area contributed by atoms with Crippen LogP contribution in [0.1, 0.15) is 316 Å². The van der Waals surface area contributed by atoms with Gasteiger partial charge in [-0.25, -0.2) is 0 Å². The largest absolute Gasteiger partial charge is 0.462 e. The third-order valence-corrected chi connectivity index (χ3v) is 12.9. The highest BCUT2D eigenvalue weighted by Gasteiger charge is 2.19. The van der Waals surface area contributed by atoms with Crippen LogP contribution in [0.15, 0.2) is 24.3 Å². The predicted molar refractivity (Wildman–Crippen MR) is 279 cm³/mol. The van der Waals surface area contributed by atoms with E-state index in [0.29, 0.717) is 19.3 Å². The molecule has 0 rings (SSSR count). The second-order valence-corrected chi connectivity index (χ2v) is 19.6. The minimum absolute atomic E-state index is 0.0716. The number of esters is 3. The van der Waals surface area contributed by atoms with E-state index in [2.05, 4.69) is 45.1 Å². The summed E-state index contributed by atoms with van der Waals surface area (Å²) in [5.41, 5.74) is 0. The van der Waals surface area contributed by atoms with Crippen molar-refractivity contribution in [2.24, 2.45) is 0 Å². The van der Waals surface area contributed by atoms with Crippen molar-refractivity contribution in [2.75, 3.05) is 13.2 Å². The van der Waals surface area contributed by atoms with Crippen LogP contribution in [0.3, 0.4) is 0 Å². The first-order valence-electron chi connectivity index (χ1n) is 28.8. The molecule has 0 saturated carbocycles. The molecule has 0 aromatic heterocycles. The molecule has 0 aliphatic rings. The van der Waals surface area contributed by atoms with Gasteiger partial charge in [-0.2, -0.15) is 0 Å². The maximum Gasteiger partial charge on any atom is 0.306 e. The maximum absolute atomic E-state index is 12.8. The lowest BCUT2D eigenvalue weighted by molar-refractivity contribution is -0.167. The highest BCUT2D eigenvalue weighted by Crippen LogP contribution is 2.16. The molecule has 0 fully saturated rings. The monoisotopic (exact) mass is 915 g/mol. The van der Waals surface area contributed by atoms with Gasteiger partial charge in [0, 0.05) is 19.3 Å². The van der Waals surface area contributed by atoms with Crippen molar-refractivity contribution < 1.29 is 28.6 Å². The van der Waals surface area contributed by atoms with Gasteiger partial charge in [0.1, 0.15) is 13.2 Å². The number of carbonyl (C=O) groups excluding carboxylic acids is 3. The molecule has 0 aliphatic heterocycles. The van der Waals surface area contributed by atoms with E-state index in [-0.39, 0.29) is 31.1 Å². The summed E-state index contributed by atoms with van der Waals surface area (Å²) in [4.78, 5) is 38.1. The Labute approximate surface area is 404 Å². The molecule has 0 heterocycles. The second-order valence-electron chi connectivity index (χ2n) is 19.6. The summed E-state index contributed by atoms with van der Waals surface area (Å²) < 4.78 is 16.9. The third-order valence-electron chi connectivity index (χ3n) is 12.9. The van der Waals surface area contributed by atoms with Crippen LogP contribution in [-0.2, 0) is 28.6 Å². The molecule has 0 amide bonds. The molecular weight excluding hydrogens is 805 g/mol. The van der Waals surface area contributed by atoms with Gasteiger partial charge in [0.05, 0.1) is 0 Å². The second kappa shape index (κ2) is 54.5. The van der Waals surface area contributed by atoms with Gasteiger partial charge >= 0.3 is 17.9 Å². The Balaban J connectivity index is 4.35. The molecule has 1 unspecified atom stereocenters. The van der Waals surface area contributed by atoms with Gasteiger partial charge < -0.3 is 14.2 Å². The maximum atomic E-state index is 12.8. The number of hydrogen-bond acceptors (Lipinski definition) is 6. The summed E-state index contributed by atoms with van der Waals surface area (Å²) in [6.45, 7) is 6.67. The summed E-state index contributed by atoms with van der Waals surface area (Å²) in [5.74, 6) is -0.865. The molecule has 1 atom stereocenters. The summed E-state index contributed by atoms with van der Waals surface area (Å²) >= 11 is 0. The Morgan fingerprint density at radius 2 is 0.508 bits per heavy atom. The number of carbonyl (C=O) groups is 3. The average Bonchev–Trinajstić information content (AvgIpc) is 3.30. The molecule has 0 aromatic carbocycles. The van der Waals surface area contributed by atoms with Crippen molar-refractivity contribution in [3.8, 4) is 0 Å². The minimum Gasteiger partial charge on any atom is -0.462 e. The van der Waals surface area contributed by atoms with Crippen LogP contribution in [0.25, 0.3) is 0 Å². The van der Waals surface area contributed by atoms with Crippen LogP contribution >= 0.6 is 0 Å². The van der Waals surface area contributed by atoms with E-state index in [1.165, 1.54) is 212 Å². The number of rotatable bonds is 53. The van der Waals surface area contributed by atoms with E-state index < -0.39 is 6.10 Å². The summed E-state index contributed by atoms with van der Waals surface area (Å²) in [6, 6.07) is 0. The molecule has 6 heteroatoms. The van der Waals surface area contributed by atoms with E-state index in [4.69, 9.17) is 14.2 Å². The standard InChI is InChI=1S/C59H110O6/c1-4-7-10-13-16-19-22-25-28-30-32-34-37-40-43-46-49-52-58(61)64-55-56(54-63-57(60)51-48-45-42-39-36-33-27-24-21-18-15-12-9-6-3)65-59(62)53-50-47-44-41-38-35-31-29-26-23-20-17-14-11-8-5-2/h25,28-29,31,56H,4-24,26-27,30,32-55H2,1-3H3/b28-25-,31-29-. The molecule has 0 aliphatic carbocycles. The lowest BCUT2D eigenvalue weighted by atomic mass is 10.0. The lowest BCUT2D eigenvalue weighted by Gasteiger charge is -2.18. The van der Waals surface area contributed by atoms with Crippen molar-refractivity contribution in [1.29, 1.82) is 0 Å². The smallest absolute Gasteiger partial charge is 0.306 e. The highest BCUT2D eigenvalue weighted by molar-refractivity contribution is 5.71. The molecule has 0 radical (unpaired) electrons. The van der Waals surface area contributed by atoms with Crippen LogP contribution in [0, 0.1) is 0 Å². The van der Waals surface area contributed by atoms with Gasteiger partial charge in [0.15, 0.2) is 6.10 Å². The summed E-state index contributed by atoms with van der Waals surface area (Å²) in [6.07, 6.45) is 63.0. The SMILES string of the molecule is CCCCCCCC/C=C\CCCCCCCCCC(=O)OCC(COC(=O)CCCCCCCCCCCCCCCC)OC(=O)CCCCCCC/C=C\CCCCCCCCC. The molecule has 382 valence electrons. The Morgan fingerprint density at radius 3 is 0.769 bits per heavy atom. The Hall–Kier alpha value is -2.11. The fourth-order valence-electron chi connectivity index (χ4n) is 8.55. The van der Waals surface area contributed by atoms with Crippen LogP contribution < -0.4 is 0 Å². The first kappa shape index (κ1) is 62.9. The van der Waals surface area contributed by atoms with Crippen LogP contribution in [-0.4, -0.2) is 37.2 Å². The number of unbranched alkanes of at least 4 members (excludes halogenated alkanes) is 38.